The van der Waals surface area contributed by atoms with Gasteiger partial charge in [-0.3, -0.25) is 4.79 Å². The van der Waals surface area contributed by atoms with Crippen LogP contribution in [-0.4, -0.2) is 32.2 Å². The first-order chi connectivity index (χ1) is 8.86. The van der Waals surface area contributed by atoms with E-state index >= 15 is 0 Å². The summed E-state index contributed by atoms with van der Waals surface area (Å²) < 4.78 is 4.85. The zero-order valence-corrected chi connectivity index (χ0v) is 12.3. The van der Waals surface area contributed by atoms with Gasteiger partial charge in [-0.1, -0.05) is 37.6 Å². The van der Waals surface area contributed by atoms with Crippen LogP contribution in [0.1, 0.15) is 19.4 Å². The number of carbonyl (C=O) groups excluding carboxylic acids is 1. The molecule has 19 heavy (non-hydrogen) atoms. The lowest BCUT2D eigenvalue weighted by Gasteiger charge is -2.26. The number of methoxy groups -OCH3 is 1. The van der Waals surface area contributed by atoms with Crippen LogP contribution in [-0.2, 0) is 14.9 Å². The average Bonchev–Trinajstić information content (AvgIpc) is 2.36. The van der Waals surface area contributed by atoms with Crippen molar-refractivity contribution >= 4 is 17.5 Å². The molecule has 0 aliphatic rings. The number of nitrogens with two attached hydrogens (primary N) is 1. The molecule has 0 saturated heterocycles. The topological polar surface area (TPSA) is 64.3 Å². The number of carbonyl (C=O) groups is 1. The minimum Gasteiger partial charge on any atom is -0.383 e. The number of benzene rings is 1. The minimum absolute atomic E-state index is 0.211. The van der Waals surface area contributed by atoms with Crippen LogP contribution in [0.3, 0.4) is 0 Å². The highest BCUT2D eigenvalue weighted by molar-refractivity contribution is 6.30. The Hall–Kier alpha value is -1.10. The van der Waals surface area contributed by atoms with Crippen molar-refractivity contribution in [2.24, 2.45) is 5.73 Å². The van der Waals surface area contributed by atoms with Gasteiger partial charge in [-0.25, -0.2) is 0 Å². The van der Waals surface area contributed by atoms with Gasteiger partial charge in [0.15, 0.2) is 0 Å². The van der Waals surface area contributed by atoms with E-state index in [1.807, 2.05) is 38.1 Å². The summed E-state index contributed by atoms with van der Waals surface area (Å²) in [5.74, 6) is -0.211. The fourth-order valence-electron chi connectivity index (χ4n) is 1.71. The highest BCUT2D eigenvalue weighted by atomic mass is 35.5. The fourth-order valence-corrected chi connectivity index (χ4v) is 1.90. The van der Waals surface area contributed by atoms with Crippen molar-refractivity contribution in [2.75, 3.05) is 20.3 Å². The molecule has 106 valence electrons. The van der Waals surface area contributed by atoms with Crippen molar-refractivity contribution in [2.45, 2.75) is 25.3 Å². The quantitative estimate of drug-likeness (QED) is 0.836. The lowest BCUT2D eigenvalue weighted by Crippen LogP contribution is -2.47. The summed E-state index contributed by atoms with van der Waals surface area (Å²) in [6, 6.07) is 6.99. The molecule has 3 N–H and O–H groups in total. The Labute approximate surface area is 119 Å². The van der Waals surface area contributed by atoms with Crippen molar-refractivity contribution in [3.63, 3.8) is 0 Å². The maximum atomic E-state index is 11.7. The van der Waals surface area contributed by atoms with Crippen LogP contribution < -0.4 is 11.1 Å². The van der Waals surface area contributed by atoms with Crippen molar-refractivity contribution in [1.29, 1.82) is 0 Å². The number of rotatable bonds is 6. The molecule has 1 aromatic rings. The second-order valence-electron chi connectivity index (χ2n) is 5.17. The summed E-state index contributed by atoms with van der Waals surface area (Å²) in [6.45, 7) is 4.79. The molecule has 1 aromatic carbocycles. The number of hydrogen-bond donors (Lipinski definition) is 2. The average molecular weight is 285 g/mol. The normalized spacial score (nSPS) is 13.1. The van der Waals surface area contributed by atoms with E-state index in [2.05, 4.69) is 5.32 Å². The largest absolute Gasteiger partial charge is 0.383 e. The molecule has 0 aromatic heterocycles. The molecule has 1 amide bonds. The first kappa shape index (κ1) is 16.0. The molecular formula is C14H21ClN2O2. The molecule has 5 heteroatoms. The van der Waals surface area contributed by atoms with Crippen LogP contribution in [0.5, 0.6) is 0 Å². The van der Waals surface area contributed by atoms with Gasteiger partial charge < -0.3 is 15.8 Å². The molecule has 0 fully saturated rings. The van der Waals surface area contributed by atoms with E-state index in [1.165, 1.54) is 7.11 Å². The first-order valence-electron chi connectivity index (χ1n) is 6.15. The molecule has 1 atom stereocenters. The Balaban J connectivity index is 2.63. The lowest BCUT2D eigenvalue weighted by molar-refractivity contribution is -0.123. The van der Waals surface area contributed by atoms with E-state index < -0.39 is 6.04 Å². The Morgan fingerprint density at radius 1 is 1.53 bits per heavy atom. The zero-order chi connectivity index (χ0) is 14.5. The number of hydrogen-bond acceptors (Lipinski definition) is 3. The van der Waals surface area contributed by atoms with Crippen molar-refractivity contribution in [3.05, 3.63) is 34.9 Å². The van der Waals surface area contributed by atoms with Crippen LogP contribution in [0, 0.1) is 0 Å². The van der Waals surface area contributed by atoms with Crippen molar-refractivity contribution < 1.29 is 9.53 Å². The third kappa shape index (κ3) is 4.82. The second-order valence-corrected chi connectivity index (χ2v) is 5.61. The molecule has 0 bridgehead atoms. The van der Waals surface area contributed by atoms with Gasteiger partial charge in [0, 0.05) is 24.1 Å². The second kappa shape index (κ2) is 6.89. The summed E-state index contributed by atoms with van der Waals surface area (Å²) in [5, 5.41) is 3.53. The number of ether oxygens (including phenoxy) is 1. The van der Waals surface area contributed by atoms with Gasteiger partial charge in [0.05, 0.1) is 6.61 Å². The van der Waals surface area contributed by atoms with Crippen LogP contribution in [0.4, 0.5) is 0 Å². The van der Waals surface area contributed by atoms with Crippen LogP contribution >= 0.6 is 11.6 Å². The van der Waals surface area contributed by atoms with Crippen molar-refractivity contribution in [3.8, 4) is 0 Å². The smallest absolute Gasteiger partial charge is 0.239 e. The molecule has 0 aliphatic heterocycles. The molecule has 1 rings (SSSR count). The minimum atomic E-state index is -0.639. The molecule has 0 heterocycles. The van der Waals surface area contributed by atoms with Crippen LogP contribution in [0.15, 0.2) is 24.3 Å². The maximum absolute atomic E-state index is 11.7. The third-order valence-electron chi connectivity index (χ3n) is 2.99. The summed E-state index contributed by atoms with van der Waals surface area (Å²) >= 11 is 5.98. The number of nitrogens with one attached hydrogen (secondary N) is 1. The Morgan fingerprint density at radius 2 is 2.21 bits per heavy atom. The number of amides is 1. The molecular weight excluding hydrogens is 264 g/mol. The van der Waals surface area contributed by atoms with E-state index in [1.54, 1.807) is 0 Å². The predicted octanol–water partition coefficient (Wildman–Crippen LogP) is 1.71. The van der Waals surface area contributed by atoms with E-state index in [0.717, 1.165) is 5.56 Å². The van der Waals surface area contributed by atoms with Gasteiger partial charge in [-0.2, -0.15) is 0 Å². The predicted molar refractivity (Wildman–Crippen MR) is 77.3 cm³/mol. The molecule has 0 aliphatic carbocycles. The van der Waals surface area contributed by atoms with Crippen molar-refractivity contribution in [1.82, 2.24) is 5.32 Å². The van der Waals surface area contributed by atoms with E-state index in [0.29, 0.717) is 11.6 Å². The molecule has 0 radical (unpaired) electrons. The monoisotopic (exact) mass is 284 g/mol. The number of halogens is 1. The summed E-state index contributed by atoms with van der Waals surface area (Å²) in [5.41, 5.74) is 6.52. The maximum Gasteiger partial charge on any atom is 0.239 e. The SMILES string of the molecule is COCC(N)C(=O)NCC(C)(C)c1cccc(Cl)c1. The molecule has 1 unspecified atom stereocenters. The Morgan fingerprint density at radius 3 is 2.79 bits per heavy atom. The third-order valence-corrected chi connectivity index (χ3v) is 3.23. The van der Waals surface area contributed by atoms with Gasteiger partial charge in [0.1, 0.15) is 6.04 Å². The summed E-state index contributed by atoms with van der Waals surface area (Å²) in [7, 11) is 1.52. The van der Waals surface area contributed by atoms with E-state index in [9.17, 15) is 4.79 Å². The standard InChI is InChI=1S/C14H21ClN2O2/c1-14(2,10-5-4-6-11(15)7-10)9-17-13(18)12(16)8-19-3/h4-7,12H,8-9,16H2,1-3H3,(H,17,18). The van der Waals surface area contributed by atoms with Gasteiger partial charge >= 0.3 is 0 Å². The molecule has 0 saturated carbocycles. The fraction of sp³-hybridized carbons (Fsp3) is 0.500. The zero-order valence-electron chi connectivity index (χ0n) is 11.6. The van der Waals surface area contributed by atoms with E-state index in [-0.39, 0.29) is 17.9 Å². The molecule has 4 nitrogen and oxygen atoms in total. The lowest BCUT2D eigenvalue weighted by atomic mass is 9.84. The Kier molecular flexibility index (Phi) is 5.79. The molecule has 0 spiro atoms. The van der Waals surface area contributed by atoms with Crippen LogP contribution in [0.25, 0.3) is 0 Å². The summed E-state index contributed by atoms with van der Waals surface area (Å²) in [4.78, 5) is 11.7. The van der Waals surface area contributed by atoms with Gasteiger partial charge in [-0.05, 0) is 17.7 Å². The van der Waals surface area contributed by atoms with Gasteiger partial charge in [0.25, 0.3) is 0 Å². The first-order valence-corrected chi connectivity index (χ1v) is 6.53. The highest BCUT2D eigenvalue weighted by Gasteiger charge is 2.23. The van der Waals surface area contributed by atoms with E-state index in [4.69, 9.17) is 22.1 Å². The van der Waals surface area contributed by atoms with Gasteiger partial charge in [0.2, 0.25) is 5.91 Å². The van der Waals surface area contributed by atoms with Crippen LogP contribution in [0.2, 0.25) is 5.02 Å². The van der Waals surface area contributed by atoms with Gasteiger partial charge in [-0.15, -0.1) is 0 Å². The summed E-state index contributed by atoms with van der Waals surface area (Å²) in [6.07, 6.45) is 0. The Bertz CT molecular complexity index is 435. The highest BCUT2D eigenvalue weighted by Crippen LogP contribution is 2.24.